The standard InChI is InChI=1S/C12H19F3N2O3S/c1-2-17-8-11(7-10(17)9-18)21(19,20)16-6-4-3-5-12(13,14)15/h7-8,16,18H,2-6,9H2,1H3. The molecular formula is C12H19F3N2O3S. The molecule has 0 amide bonds. The molecule has 0 unspecified atom stereocenters. The molecule has 1 rings (SSSR count). The second-order valence-electron chi connectivity index (χ2n) is 4.58. The van der Waals surface area contributed by atoms with Crippen molar-refractivity contribution in [1.29, 1.82) is 0 Å². The zero-order chi connectivity index (χ0) is 16.1. The maximum Gasteiger partial charge on any atom is 0.389 e. The van der Waals surface area contributed by atoms with Crippen molar-refractivity contribution < 1.29 is 26.7 Å². The molecule has 0 radical (unpaired) electrons. The van der Waals surface area contributed by atoms with Crippen LogP contribution in [0.2, 0.25) is 0 Å². The summed E-state index contributed by atoms with van der Waals surface area (Å²) in [6, 6.07) is 1.35. The quantitative estimate of drug-likeness (QED) is 0.717. The molecule has 0 atom stereocenters. The summed E-state index contributed by atoms with van der Waals surface area (Å²) in [7, 11) is -3.76. The van der Waals surface area contributed by atoms with Gasteiger partial charge in [-0.3, -0.25) is 0 Å². The highest BCUT2D eigenvalue weighted by molar-refractivity contribution is 7.89. The predicted octanol–water partition coefficient (Wildman–Crippen LogP) is 2.01. The zero-order valence-corrected chi connectivity index (χ0v) is 12.5. The largest absolute Gasteiger partial charge is 0.390 e. The van der Waals surface area contributed by atoms with Gasteiger partial charge in [0.1, 0.15) is 0 Å². The van der Waals surface area contributed by atoms with Gasteiger partial charge in [0.15, 0.2) is 0 Å². The molecule has 2 N–H and O–H groups in total. The van der Waals surface area contributed by atoms with Gasteiger partial charge in [-0.2, -0.15) is 13.2 Å². The molecule has 0 saturated carbocycles. The lowest BCUT2D eigenvalue weighted by atomic mass is 10.2. The molecule has 0 aromatic carbocycles. The van der Waals surface area contributed by atoms with Gasteiger partial charge in [-0.15, -0.1) is 0 Å². The van der Waals surface area contributed by atoms with Gasteiger partial charge >= 0.3 is 6.18 Å². The monoisotopic (exact) mass is 328 g/mol. The smallest absolute Gasteiger partial charge is 0.389 e. The first-order chi connectivity index (χ1) is 9.69. The zero-order valence-electron chi connectivity index (χ0n) is 11.7. The Morgan fingerprint density at radius 3 is 2.48 bits per heavy atom. The molecule has 1 aromatic rings. The summed E-state index contributed by atoms with van der Waals surface area (Å²) in [5.41, 5.74) is 0.468. The number of hydrogen-bond donors (Lipinski definition) is 2. The first-order valence-corrected chi connectivity index (χ1v) is 8.04. The highest BCUT2D eigenvalue weighted by Gasteiger charge is 2.26. The lowest BCUT2D eigenvalue weighted by Crippen LogP contribution is -2.24. The normalized spacial score (nSPS) is 12.8. The Kier molecular flexibility index (Phi) is 6.24. The van der Waals surface area contributed by atoms with E-state index in [9.17, 15) is 21.6 Å². The average molecular weight is 328 g/mol. The van der Waals surface area contributed by atoms with Crippen LogP contribution >= 0.6 is 0 Å². The van der Waals surface area contributed by atoms with Gasteiger partial charge in [0.25, 0.3) is 0 Å². The molecule has 0 aliphatic rings. The van der Waals surface area contributed by atoms with Crippen LogP contribution < -0.4 is 4.72 Å². The molecule has 0 saturated heterocycles. The molecule has 21 heavy (non-hydrogen) atoms. The van der Waals surface area contributed by atoms with Crippen molar-refractivity contribution in [3.05, 3.63) is 18.0 Å². The number of hydrogen-bond acceptors (Lipinski definition) is 3. The average Bonchev–Trinajstić information content (AvgIpc) is 2.80. The lowest BCUT2D eigenvalue weighted by molar-refractivity contribution is -0.135. The van der Waals surface area contributed by atoms with Gasteiger partial charge in [0.2, 0.25) is 10.0 Å². The van der Waals surface area contributed by atoms with Gasteiger partial charge in [0.05, 0.1) is 11.5 Å². The summed E-state index contributed by atoms with van der Waals surface area (Å²) in [6.07, 6.45) is -3.75. The van der Waals surface area contributed by atoms with Gasteiger partial charge in [-0.1, -0.05) is 0 Å². The molecule has 0 bridgehead atoms. The number of alkyl halides is 3. The number of halogens is 3. The fourth-order valence-corrected chi connectivity index (χ4v) is 2.98. The minimum atomic E-state index is -4.22. The molecule has 1 aromatic heterocycles. The van der Waals surface area contributed by atoms with Gasteiger partial charge < -0.3 is 9.67 Å². The number of aliphatic hydroxyl groups excluding tert-OH is 1. The van der Waals surface area contributed by atoms with Crippen LogP contribution in [0, 0.1) is 0 Å². The number of nitrogens with one attached hydrogen (secondary N) is 1. The first-order valence-electron chi connectivity index (χ1n) is 6.56. The lowest BCUT2D eigenvalue weighted by Gasteiger charge is -2.07. The molecule has 0 aliphatic heterocycles. The topological polar surface area (TPSA) is 71.3 Å². The summed E-state index contributed by atoms with van der Waals surface area (Å²) < 4.78 is 63.6. The van der Waals surface area contributed by atoms with Crippen molar-refractivity contribution in [2.24, 2.45) is 0 Å². The number of sulfonamides is 1. The maximum absolute atomic E-state index is 12.0. The van der Waals surface area contributed by atoms with Crippen molar-refractivity contribution in [3.8, 4) is 0 Å². The van der Waals surface area contributed by atoms with E-state index >= 15 is 0 Å². The Balaban J connectivity index is 2.56. The third kappa shape index (κ3) is 5.68. The molecular weight excluding hydrogens is 309 g/mol. The van der Waals surface area contributed by atoms with Crippen molar-refractivity contribution >= 4 is 10.0 Å². The fraction of sp³-hybridized carbons (Fsp3) is 0.667. The SMILES string of the molecule is CCn1cc(S(=O)(=O)NCCCCC(F)(F)F)cc1CO. The van der Waals surface area contributed by atoms with Crippen LogP contribution in [0.5, 0.6) is 0 Å². The van der Waals surface area contributed by atoms with Crippen LogP contribution in [0.15, 0.2) is 17.2 Å². The van der Waals surface area contributed by atoms with Gasteiger partial charge in [-0.25, -0.2) is 13.1 Å². The minimum Gasteiger partial charge on any atom is -0.390 e. The van der Waals surface area contributed by atoms with E-state index < -0.39 is 22.6 Å². The number of rotatable bonds is 8. The van der Waals surface area contributed by atoms with E-state index in [2.05, 4.69) is 4.72 Å². The highest BCUT2D eigenvalue weighted by atomic mass is 32.2. The summed E-state index contributed by atoms with van der Waals surface area (Å²) in [5, 5.41) is 9.11. The molecule has 9 heteroatoms. The van der Waals surface area contributed by atoms with Crippen molar-refractivity contribution in [2.45, 2.75) is 50.4 Å². The van der Waals surface area contributed by atoms with Crippen LogP contribution in [0.25, 0.3) is 0 Å². The van der Waals surface area contributed by atoms with Crippen molar-refractivity contribution in [1.82, 2.24) is 9.29 Å². The summed E-state index contributed by atoms with van der Waals surface area (Å²) >= 11 is 0. The number of aromatic nitrogens is 1. The van der Waals surface area contributed by atoms with Gasteiger partial charge in [-0.05, 0) is 25.8 Å². The number of aryl methyl sites for hydroxylation is 1. The second-order valence-corrected chi connectivity index (χ2v) is 6.35. The fourth-order valence-electron chi connectivity index (χ4n) is 1.84. The molecule has 5 nitrogen and oxygen atoms in total. The Morgan fingerprint density at radius 2 is 2.00 bits per heavy atom. The van der Waals surface area contributed by atoms with E-state index in [-0.39, 0.29) is 30.9 Å². The highest BCUT2D eigenvalue weighted by Crippen LogP contribution is 2.22. The molecule has 122 valence electrons. The van der Waals surface area contributed by atoms with Crippen LogP contribution in [-0.4, -0.2) is 30.8 Å². The van der Waals surface area contributed by atoms with E-state index in [1.54, 1.807) is 11.5 Å². The van der Waals surface area contributed by atoms with Crippen molar-refractivity contribution in [3.63, 3.8) is 0 Å². The predicted molar refractivity (Wildman–Crippen MR) is 71.1 cm³/mol. The van der Waals surface area contributed by atoms with Gasteiger partial charge in [0, 0.05) is 31.4 Å². The van der Waals surface area contributed by atoms with E-state index in [0.29, 0.717) is 12.2 Å². The third-order valence-corrected chi connectivity index (χ3v) is 4.38. The van der Waals surface area contributed by atoms with Crippen LogP contribution in [0.3, 0.4) is 0 Å². The van der Waals surface area contributed by atoms with Crippen LogP contribution in [0.4, 0.5) is 13.2 Å². The summed E-state index contributed by atoms with van der Waals surface area (Å²) in [5.74, 6) is 0. The molecule has 0 spiro atoms. The van der Waals surface area contributed by atoms with Crippen LogP contribution in [0.1, 0.15) is 31.9 Å². The summed E-state index contributed by atoms with van der Waals surface area (Å²) in [6.45, 7) is 1.98. The number of nitrogens with zero attached hydrogens (tertiary/aromatic N) is 1. The Morgan fingerprint density at radius 1 is 1.33 bits per heavy atom. The number of aliphatic hydroxyl groups is 1. The first kappa shape index (κ1) is 18.0. The van der Waals surface area contributed by atoms with E-state index in [1.807, 2.05) is 0 Å². The summed E-state index contributed by atoms with van der Waals surface area (Å²) in [4.78, 5) is 0.00391. The van der Waals surface area contributed by atoms with E-state index in [4.69, 9.17) is 5.11 Å². The van der Waals surface area contributed by atoms with Crippen LogP contribution in [-0.2, 0) is 23.2 Å². The Labute approximate surface area is 121 Å². The minimum absolute atomic E-state index is 0.00391. The Hall–Kier alpha value is -1.06. The van der Waals surface area contributed by atoms with E-state index in [0.717, 1.165) is 0 Å². The van der Waals surface area contributed by atoms with E-state index in [1.165, 1.54) is 12.3 Å². The maximum atomic E-state index is 12.0. The molecule has 1 heterocycles. The third-order valence-electron chi connectivity index (χ3n) is 2.95. The number of unbranched alkanes of at least 4 members (excludes halogenated alkanes) is 1. The molecule has 0 aliphatic carbocycles. The van der Waals surface area contributed by atoms with Crippen molar-refractivity contribution in [2.75, 3.05) is 6.54 Å². The Bertz CT molecular complexity index is 531. The second kappa shape index (κ2) is 7.28. The molecule has 0 fully saturated rings.